The van der Waals surface area contributed by atoms with Crippen molar-refractivity contribution in [1.82, 2.24) is 30.0 Å². The van der Waals surface area contributed by atoms with E-state index in [1.165, 1.54) is 24.0 Å². The topological polar surface area (TPSA) is 90.0 Å². The summed E-state index contributed by atoms with van der Waals surface area (Å²) in [6, 6.07) is 10.3. The van der Waals surface area contributed by atoms with Crippen LogP contribution in [0.4, 0.5) is 5.95 Å². The molecular weight excluding hydrogens is 450 g/mol. The van der Waals surface area contributed by atoms with Crippen LogP contribution in [0.15, 0.2) is 49.3 Å². The summed E-state index contributed by atoms with van der Waals surface area (Å²) in [4.78, 5) is 28.1. The fourth-order valence-corrected chi connectivity index (χ4v) is 5.67. The number of hydrogen-bond acceptors (Lipinski definition) is 6. The highest BCUT2D eigenvalue weighted by Gasteiger charge is 2.53. The average molecular weight is 484 g/mol. The van der Waals surface area contributed by atoms with E-state index in [1.807, 2.05) is 24.1 Å². The summed E-state index contributed by atoms with van der Waals surface area (Å²) in [6.07, 6.45) is 6.93. The van der Waals surface area contributed by atoms with Gasteiger partial charge in [0.25, 0.3) is 0 Å². The van der Waals surface area contributed by atoms with E-state index in [0.717, 1.165) is 54.5 Å². The van der Waals surface area contributed by atoms with Crippen molar-refractivity contribution >= 4 is 17.4 Å². The minimum Gasteiger partial charge on any atom is -0.354 e. The Balaban J connectivity index is 1.32. The van der Waals surface area contributed by atoms with Gasteiger partial charge in [0.05, 0.1) is 17.9 Å². The molecule has 186 valence electrons. The number of H-pyrrole nitrogens is 1. The van der Waals surface area contributed by atoms with E-state index < -0.39 is 5.41 Å². The predicted molar refractivity (Wildman–Crippen MR) is 139 cm³/mol. The van der Waals surface area contributed by atoms with Crippen molar-refractivity contribution in [3.8, 4) is 0 Å². The van der Waals surface area contributed by atoms with Gasteiger partial charge in [-0.3, -0.25) is 14.8 Å². The monoisotopic (exact) mass is 483 g/mol. The molecule has 0 bridgehead atoms. The molecule has 3 aromatic rings. The molecule has 1 aliphatic carbocycles. The molecule has 1 atom stereocenters. The smallest absolute Gasteiger partial charge is 0.236 e. The molecule has 2 fully saturated rings. The van der Waals surface area contributed by atoms with Crippen LogP contribution >= 0.6 is 0 Å². The van der Waals surface area contributed by atoms with E-state index in [2.05, 4.69) is 56.2 Å². The van der Waals surface area contributed by atoms with Crippen molar-refractivity contribution in [2.24, 2.45) is 5.92 Å². The van der Waals surface area contributed by atoms with Gasteiger partial charge in [0.1, 0.15) is 5.41 Å². The normalized spacial score (nSPS) is 21.7. The van der Waals surface area contributed by atoms with E-state index in [4.69, 9.17) is 4.98 Å². The van der Waals surface area contributed by atoms with Crippen LogP contribution in [-0.4, -0.2) is 55.5 Å². The number of amides is 1. The minimum atomic E-state index is -0.676. The van der Waals surface area contributed by atoms with E-state index in [0.29, 0.717) is 25.6 Å². The van der Waals surface area contributed by atoms with Crippen LogP contribution in [0.3, 0.4) is 0 Å². The van der Waals surface area contributed by atoms with E-state index in [1.54, 1.807) is 6.20 Å². The van der Waals surface area contributed by atoms with Crippen molar-refractivity contribution in [3.05, 3.63) is 77.4 Å². The molecule has 1 spiro atoms. The Hall–Kier alpha value is -3.52. The number of fused-ring (bicyclic) bond motifs is 2. The fourth-order valence-electron chi connectivity index (χ4n) is 5.67. The molecule has 2 aromatic heterocycles. The first-order valence-electron chi connectivity index (χ1n) is 12.9. The van der Waals surface area contributed by atoms with Gasteiger partial charge in [-0.15, -0.1) is 0 Å². The van der Waals surface area contributed by atoms with E-state index in [-0.39, 0.29) is 5.91 Å². The maximum Gasteiger partial charge on any atom is 0.236 e. The molecule has 6 rings (SSSR count). The van der Waals surface area contributed by atoms with Gasteiger partial charge in [0, 0.05) is 50.7 Å². The third-order valence-corrected chi connectivity index (χ3v) is 7.76. The lowest BCUT2D eigenvalue weighted by Crippen LogP contribution is -2.52. The number of carbonyl (C=O) groups is 1. The number of nitrogens with one attached hydrogen (secondary N) is 2. The molecule has 1 unspecified atom stereocenters. The maximum absolute atomic E-state index is 14.2. The molecule has 8 nitrogen and oxygen atoms in total. The van der Waals surface area contributed by atoms with Crippen molar-refractivity contribution in [2.45, 2.75) is 51.2 Å². The van der Waals surface area contributed by atoms with Gasteiger partial charge >= 0.3 is 0 Å². The number of benzene rings is 1. The summed E-state index contributed by atoms with van der Waals surface area (Å²) in [6.45, 7) is 10.4. The van der Waals surface area contributed by atoms with E-state index >= 15 is 0 Å². The fraction of sp³-hybridized carbons (Fsp3) is 0.429. The van der Waals surface area contributed by atoms with Gasteiger partial charge in [0.15, 0.2) is 0 Å². The van der Waals surface area contributed by atoms with Gasteiger partial charge < -0.3 is 10.2 Å². The predicted octanol–water partition coefficient (Wildman–Crippen LogP) is 3.74. The van der Waals surface area contributed by atoms with E-state index in [9.17, 15) is 4.79 Å². The number of aromatic amines is 1. The highest BCUT2D eigenvalue weighted by atomic mass is 16.2. The first-order valence-corrected chi connectivity index (χ1v) is 12.9. The molecule has 4 heterocycles. The van der Waals surface area contributed by atoms with Crippen LogP contribution < -0.4 is 5.32 Å². The van der Waals surface area contributed by atoms with Crippen LogP contribution in [0.5, 0.6) is 0 Å². The van der Waals surface area contributed by atoms with Gasteiger partial charge in [-0.1, -0.05) is 36.4 Å². The largest absolute Gasteiger partial charge is 0.354 e. The Kier molecular flexibility index (Phi) is 5.84. The lowest BCUT2D eigenvalue weighted by molar-refractivity contribution is -0.140. The summed E-state index contributed by atoms with van der Waals surface area (Å²) in [5.74, 6) is 1.51. The number of anilines is 1. The lowest BCUT2D eigenvalue weighted by atomic mass is 9.77. The molecule has 2 N–H and O–H groups in total. The number of rotatable bonds is 8. The molecule has 1 amide bonds. The molecular formula is C28H33N7O. The highest BCUT2D eigenvalue weighted by molar-refractivity contribution is 5.90. The molecule has 36 heavy (non-hydrogen) atoms. The summed E-state index contributed by atoms with van der Waals surface area (Å²) in [5, 5.41) is 10.5. The Morgan fingerprint density at radius 1 is 1.25 bits per heavy atom. The molecule has 0 radical (unpaired) electrons. The van der Waals surface area contributed by atoms with Gasteiger partial charge in [-0.2, -0.15) is 5.10 Å². The first-order chi connectivity index (χ1) is 17.5. The van der Waals surface area contributed by atoms with Crippen molar-refractivity contribution < 1.29 is 4.79 Å². The van der Waals surface area contributed by atoms with Crippen LogP contribution in [-0.2, 0) is 29.8 Å². The third-order valence-electron chi connectivity index (χ3n) is 7.76. The summed E-state index contributed by atoms with van der Waals surface area (Å²) in [7, 11) is 0. The zero-order chi connectivity index (χ0) is 24.7. The zero-order valence-corrected chi connectivity index (χ0v) is 20.8. The van der Waals surface area contributed by atoms with Gasteiger partial charge in [0.2, 0.25) is 11.9 Å². The van der Waals surface area contributed by atoms with Crippen molar-refractivity contribution in [1.29, 1.82) is 0 Å². The molecule has 3 aliphatic rings. The zero-order valence-electron chi connectivity index (χ0n) is 20.8. The van der Waals surface area contributed by atoms with Crippen LogP contribution in [0, 0.1) is 5.92 Å². The lowest BCUT2D eigenvalue weighted by Gasteiger charge is -2.40. The number of allylic oxidation sites excluding steroid dienone is 1. The molecule has 1 aromatic carbocycles. The number of likely N-dealkylation sites (tertiary alicyclic amines) is 1. The standard InChI is InChI=1S/C28H33N7O/c1-19(2)24-6-4-3-5-21(24)15-34-12-10-28(18-34)25-22(14-30-27(32-25)29-13-20-7-8-20)16-35(26(28)36)17-23-9-11-31-33-23/h3-6,9,11,14,20H,1,7-8,10,12-13,15-18H2,2H3,(H,31,33)(H,29,30,32). The molecule has 8 heteroatoms. The summed E-state index contributed by atoms with van der Waals surface area (Å²) < 4.78 is 0. The average Bonchev–Trinajstić information content (AvgIpc) is 3.39. The second kappa shape index (κ2) is 9.17. The number of carbonyl (C=O) groups excluding carboxylic acids is 1. The quantitative estimate of drug-likeness (QED) is 0.507. The van der Waals surface area contributed by atoms with Gasteiger partial charge in [-0.05, 0) is 49.3 Å². The second-order valence-corrected chi connectivity index (χ2v) is 10.6. The molecule has 1 saturated heterocycles. The Morgan fingerprint density at radius 2 is 2.11 bits per heavy atom. The Labute approximate surface area is 211 Å². The summed E-state index contributed by atoms with van der Waals surface area (Å²) >= 11 is 0. The first kappa shape index (κ1) is 22.9. The van der Waals surface area contributed by atoms with Crippen LogP contribution in [0.1, 0.15) is 54.3 Å². The third kappa shape index (κ3) is 4.30. The van der Waals surface area contributed by atoms with Crippen LogP contribution in [0.25, 0.3) is 5.57 Å². The van der Waals surface area contributed by atoms with Crippen molar-refractivity contribution in [2.75, 3.05) is 25.0 Å². The highest BCUT2D eigenvalue weighted by Crippen LogP contribution is 2.42. The van der Waals surface area contributed by atoms with Crippen molar-refractivity contribution in [3.63, 3.8) is 0 Å². The second-order valence-electron chi connectivity index (χ2n) is 10.6. The van der Waals surface area contributed by atoms with Crippen LogP contribution in [0.2, 0.25) is 0 Å². The summed E-state index contributed by atoms with van der Waals surface area (Å²) in [5.41, 5.74) is 5.68. The number of aromatic nitrogens is 4. The SMILES string of the molecule is C=C(C)c1ccccc1CN1CCC2(C1)C(=O)N(Cc1ccn[nH]1)Cc1cnc(NCC3CC3)nc12. The Morgan fingerprint density at radius 3 is 2.89 bits per heavy atom. The van der Waals surface area contributed by atoms with Gasteiger partial charge in [-0.25, -0.2) is 9.97 Å². The molecule has 2 aliphatic heterocycles. The number of hydrogen-bond donors (Lipinski definition) is 2. The maximum atomic E-state index is 14.2. The molecule has 1 saturated carbocycles. The number of nitrogens with zero attached hydrogens (tertiary/aromatic N) is 5. The Bertz CT molecular complexity index is 1280. The minimum absolute atomic E-state index is 0.145.